The Morgan fingerprint density at radius 3 is 2.73 bits per heavy atom. The Labute approximate surface area is 130 Å². The van der Waals surface area contributed by atoms with E-state index in [1.165, 1.54) is 5.56 Å². The van der Waals surface area contributed by atoms with Crippen molar-refractivity contribution in [2.75, 3.05) is 19.7 Å². The molecule has 3 rings (SSSR count). The monoisotopic (exact) mass is 296 g/mol. The summed E-state index contributed by atoms with van der Waals surface area (Å²) >= 11 is 0. The van der Waals surface area contributed by atoms with Gasteiger partial charge in [-0.3, -0.25) is 9.78 Å². The molecule has 0 unspecified atom stereocenters. The molecule has 1 aromatic heterocycles. The zero-order valence-corrected chi connectivity index (χ0v) is 12.5. The summed E-state index contributed by atoms with van der Waals surface area (Å²) in [6, 6.07) is 13.9. The number of amides is 1. The fourth-order valence-corrected chi connectivity index (χ4v) is 2.73. The second kappa shape index (κ2) is 7.18. The number of morpholine rings is 1. The number of pyridine rings is 1. The summed E-state index contributed by atoms with van der Waals surface area (Å²) in [5.74, 6) is 0.0652. The van der Waals surface area contributed by atoms with Crippen molar-refractivity contribution >= 4 is 5.91 Å². The third kappa shape index (κ3) is 3.71. The topological polar surface area (TPSA) is 42.4 Å². The average molecular weight is 296 g/mol. The molecule has 2 aromatic rings. The third-order valence-electron chi connectivity index (χ3n) is 3.95. The molecule has 4 heteroatoms. The molecule has 114 valence electrons. The Hall–Kier alpha value is -2.20. The molecule has 1 aromatic carbocycles. The van der Waals surface area contributed by atoms with Gasteiger partial charge in [-0.1, -0.05) is 30.3 Å². The predicted octanol–water partition coefficient (Wildman–Crippen LogP) is 2.56. The molecule has 0 saturated carbocycles. The zero-order valence-electron chi connectivity index (χ0n) is 12.5. The largest absolute Gasteiger partial charge is 0.375 e. The van der Waals surface area contributed by atoms with Gasteiger partial charge in [-0.25, -0.2) is 0 Å². The van der Waals surface area contributed by atoms with Gasteiger partial charge in [0.1, 0.15) is 0 Å². The number of benzene rings is 1. The van der Waals surface area contributed by atoms with Crippen LogP contribution in [0.1, 0.15) is 22.3 Å². The first-order valence-corrected chi connectivity index (χ1v) is 7.68. The number of aromatic nitrogens is 1. The van der Waals surface area contributed by atoms with E-state index >= 15 is 0 Å². The standard InChI is InChI=1S/C18H20N2O2/c21-18(16-8-10-19-11-9-16)20-12-13-22-17(14-20)7-6-15-4-2-1-3-5-15/h1-5,8-11,17H,6-7,12-14H2/t17-/m0/s1. The average Bonchev–Trinajstić information content (AvgIpc) is 2.61. The number of hydrogen-bond acceptors (Lipinski definition) is 3. The first-order valence-electron chi connectivity index (χ1n) is 7.68. The highest BCUT2D eigenvalue weighted by atomic mass is 16.5. The van der Waals surface area contributed by atoms with Crippen LogP contribution in [0.5, 0.6) is 0 Å². The summed E-state index contributed by atoms with van der Waals surface area (Å²) in [6.07, 6.45) is 5.33. The molecule has 1 amide bonds. The second-order valence-corrected chi connectivity index (χ2v) is 5.50. The molecule has 0 N–H and O–H groups in total. The molecule has 22 heavy (non-hydrogen) atoms. The molecular formula is C18H20N2O2. The van der Waals surface area contributed by atoms with Crippen molar-refractivity contribution in [3.05, 3.63) is 66.0 Å². The first kappa shape index (κ1) is 14.7. The quantitative estimate of drug-likeness (QED) is 0.871. The van der Waals surface area contributed by atoms with Gasteiger partial charge in [0, 0.05) is 31.0 Å². The van der Waals surface area contributed by atoms with E-state index < -0.39 is 0 Å². The van der Waals surface area contributed by atoms with Gasteiger partial charge >= 0.3 is 0 Å². The number of carbonyl (C=O) groups excluding carboxylic acids is 1. The van der Waals surface area contributed by atoms with Crippen molar-refractivity contribution in [2.24, 2.45) is 0 Å². The lowest BCUT2D eigenvalue weighted by Gasteiger charge is -2.33. The Bertz CT molecular complexity index is 601. The van der Waals surface area contributed by atoms with Gasteiger partial charge in [-0.05, 0) is 30.5 Å². The van der Waals surface area contributed by atoms with Gasteiger partial charge in [0.15, 0.2) is 0 Å². The molecule has 1 aliphatic rings. The van der Waals surface area contributed by atoms with E-state index in [0.717, 1.165) is 12.8 Å². The summed E-state index contributed by atoms with van der Waals surface area (Å²) in [4.78, 5) is 18.3. The lowest BCUT2D eigenvalue weighted by molar-refractivity contribution is -0.0246. The maximum absolute atomic E-state index is 12.5. The maximum Gasteiger partial charge on any atom is 0.254 e. The highest BCUT2D eigenvalue weighted by Gasteiger charge is 2.24. The number of carbonyl (C=O) groups is 1. The van der Waals surface area contributed by atoms with Gasteiger partial charge in [0.2, 0.25) is 0 Å². The fourth-order valence-electron chi connectivity index (χ4n) is 2.73. The van der Waals surface area contributed by atoms with Crippen molar-refractivity contribution in [3.8, 4) is 0 Å². The number of ether oxygens (including phenoxy) is 1. The molecule has 1 saturated heterocycles. The van der Waals surface area contributed by atoms with Crippen LogP contribution >= 0.6 is 0 Å². The second-order valence-electron chi connectivity index (χ2n) is 5.50. The van der Waals surface area contributed by atoms with Crippen molar-refractivity contribution in [1.29, 1.82) is 0 Å². The van der Waals surface area contributed by atoms with Crippen LogP contribution in [0.4, 0.5) is 0 Å². The van der Waals surface area contributed by atoms with Crippen LogP contribution in [-0.4, -0.2) is 41.6 Å². The molecule has 0 radical (unpaired) electrons. The van der Waals surface area contributed by atoms with Crippen LogP contribution in [0.15, 0.2) is 54.9 Å². The lowest BCUT2D eigenvalue weighted by atomic mass is 10.1. The molecule has 4 nitrogen and oxygen atoms in total. The number of nitrogens with zero attached hydrogens (tertiary/aromatic N) is 2. The van der Waals surface area contributed by atoms with Gasteiger partial charge in [-0.15, -0.1) is 0 Å². The van der Waals surface area contributed by atoms with Crippen LogP contribution in [0.3, 0.4) is 0 Å². The summed E-state index contributed by atoms with van der Waals surface area (Å²) in [7, 11) is 0. The Kier molecular flexibility index (Phi) is 4.81. The van der Waals surface area contributed by atoms with Crippen LogP contribution in [0.2, 0.25) is 0 Å². The molecule has 1 fully saturated rings. The van der Waals surface area contributed by atoms with E-state index in [9.17, 15) is 4.79 Å². The first-order chi connectivity index (χ1) is 10.8. The normalized spacial score (nSPS) is 18.2. The summed E-state index contributed by atoms with van der Waals surface area (Å²) in [5, 5.41) is 0. The van der Waals surface area contributed by atoms with Crippen LogP contribution in [-0.2, 0) is 11.2 Å². The zero-order chi connectivity index (χ0) is 15.2. The minimum Gasteiger partial charge on any atom is -0.375 e. The summed E-state index contributed by atoms with van der Waals surface area (Å²) in [6.45, 7) is 1.92. The number of aryl methyl sites for hydroxylation is 1. The molecule has 2 heterocycles. The molecule has 0 bridgehead atoms. The van der Waals surface area contributed by atoms with Gasteiger partial charge in [0.05, 0.1) is 12.7 Å². The number of rotatable bonds is 4. The maximum atomic E-state index is 12.5. The minimum atomic E-state index is 0.0652. The van der Waals surface area contributed by atoms with E-state index in [0.29, 0.717) is 25.3 Å². The van der Waals surface area contributed by atoms with E-state index in [2.05, 4.69) is 29.2 Å². The van der Waals surface area contributed by atoms with E-state index in [1.54, 1.807) is 24.5 Å². The molecule has 0 spiro atoms. The molecular weight excluding hydrogens is 276 g/mol. The SMILES string of the molecule is O=C(c1ccncc1)N1CCO[C@@H](CCc2ccccc2)C1. The van der Waals surface area contributed by atoms with Gasteiger partial charge < -0.3 is 9.64 Å². The molecule has 0 aliphatic carbocycles. The lowest BCUT2D eigenvalue weighted by Crippen LogP contribution is -2.45. The summed E-state index contributed by atoms with van der Waals surface area (Å²) in [5.41, 5.74) is 2.00. The fraction of sp³-hybridized carbons (Fsp3) is 0.333. The van der Waals surface area contributed by atoms with E-state index in [1.807, 2.05) is 11.0 Å². The smallest absolute Gasteiger partial charge is 0.254 e. The number of hydrogen-bond donors (Lipinski definition) is 0. The van der Waals surface area contributed by atoms with Gasteiger partial charge in [-0.2, -0.15) is 0 Å². The summed E-state index contributed by atoms with van der Waals surface area (Å²) < 4.78 is 5.81. The Balaban J connectivity index is 1.56. The van der Waals surface area contributed by atoms with Crippen molar-refractivity contribution in [1.82, 2.24) is 9.88 Å². The van der Waals surface area contributed by atoms with Crippen molar-refractivity contribution in [2.45, 2.75) is 18.9 Å². The van der Waals surface area contributed by atoms with Crippen LogP contribution < -0.4 is 0 Å². The Morgan fingerprint density at radius 2 is 1.95 bits per heavy atom. The molecule has 1 aliphatic heterocycles. The van der Waals surface area contributed by atoms with Crippen LogP contribution in [0.25, 0.3) is 0 Å². The minimum absolute atomic E-state index is 0.0652. The van der Waals surface area contributed by atoms with E-state index in [-0.39, 0.29) is 12.0 Å². The Morgan fingerprint density at radius 1 is 1.18 bits per heavy atom. The predicted molar refractivity (Wildman–Crippen MR) is 84.6 cm³/mol. The van der Waals surface area contributed by atoms with Gasteiger partial charge in [0.25, 0.3) is 5.91 Å². The van der Waals surface area contributed by atoms with E-state index in [4.69, 9.17) is 4.74 Å². The molecule has 1 atom stereocenters. The highest BCUT2D eigenvalue weighted by molar-refractivity contribution is 5.94. The third-order valence-corrected chi connectivity index (χ3v) is 3.95. The van der Waals surface area contributed by atoms with Crippen molar-refractivity contribution < 1.29 is 9.53 Å². The highest BCUT2D eigenvalue weighted by Crippen LogP contribution is 2.14. The van der Waals surface area contributed by atoms with Crippen molar-refractivity contribution in [3.63, 3.8) is 0 Å². The van der Waals surface area contributed by atoms with Crippen LogP contribution in [0, 0.1) is 0 Å².